The molecule has 0 radical (unpaired) electrons. The van der Waals surface area contributed by atoms with Gasteiger partial charge in [0.25, 0.3) is 0 Å². The highest BCUT2D eigenvalue weighted by Gasteiger charge is 2.13. The van der Waals surface area contributed by atoms with Crippen LogP contribution in [-0.4, -0.2) is 12.4 Å². The van der Waals surface area contributed by atoms with Crippen molar-refractivity contribution in [3.05, 3.63) is 70.3 Å². The number of Topliss-reactive ketones (excluding diaryl/α,β-unsaturated/α-hetero) is 1. The van der Waals surface area contributed by atoms with Gasteiger partial charge in [-0.2, -0.15) is 5.26 Å². The van der Waals surface area contributed by atoms with E-state index in [0.717, 1.165) is 0 Å². The number of hydrogen-bond acceptors (Lipinski definition) is 3. The molecule has 0 saturated carbocycles. The van der Waals surface area contributed by atoms with Crippen molar-refractivity contribution in [3.63, 3.8) is 0 Å². The van der Waals surface area contributed by atoms with Crippen molar-refractivity contribution in [2.45, 2.75) is 6.92 Å². The number of halogens is 1. The number of hydrogen-bond donors (Lipinski definition) is 0. The van der Waals surface area contributed by atoms with E-state index in [1.807, 2.05) is 19.1 Å². The molecule has 4 heteroatoms. The standard InChI is InChI=1S/C18H14ClNO2/c1-2-22-17-9-8-16(19)11-14(17)10-15(12-20)18(21)13-6-4-3-5-7-13/h3-11H,2H2,1H3/b15-10+. The Balaban J connectivity index is 2.43. The lowest BCUT2D eigenvalue weighted by atomic mass is 10.0. The smallest absolute Gasteiger partial charge is 0.203 e. The Morgan fingerprint density at radius 3 is 2.64 bits per heavy atom. The number of ketones is 1. The zero-order valence-corrected chi connectivity index (χ0v) is 12.8. The minimum absolute atomic E-state index is 0.0365. The van der Waals surface area contributed by atoms with Crippen LogP contribution in [0.4, 0.5) is 0 Å². The SMILES string of the molecule is CCOc1ccc(Cl)cc1/C=C(\C#N)C(=O)c1ccccc1. The summed E-state index contributed by atoms with van der Waals surface area (Å²) in [6, 6.07) is 15.7. The minimum atomic E-state index is -0.328. The van der Waals surface area contributed by atoms with Crippen LogP contribution >= 0.6 is 11.6 Å². The topological polar surface area (TPSA) is 50.1 Å². The van der Waals surface area contributed by atoms with Gasteiger partial charge in [0, 0.05) is 16.1 Å². The van der Waals surface area contributed by atoms with Crippen molar-refractivity contribution in [1.82, 2.24) is 0 Å². The number of carbonyl (C=O) groups excluding carboxylic acids is 1. The lowest BCUT2D eigenvalue weighted by molar-refractivity contribution is 0.104. The fourth-order valence-electron chi connectivity index (χ4n) is 1.97. The van der Waals surface area contributed by atoms with E-state index in [1.165, 1.54) is 6.08 Å². The molecule has 0 heterocycles. The molecule has 0 aliphatic heterocycles. The summed E-state index contributed by atoms with van der Waals surface area (Å²) in [5.74, 6) is 0.256. The number of rotatable bonds is 5. The van der Waals surface area contributed by atoms with Crippen LogP contribution in [0, 0.1) is 11.3 Å². The molecule has 0 aromatic heterocycles. The van der Waals surface area contributed by atoms with E-state index in [1.54, 1.807) is 42.5 Å². The number of nitriles is 1. The highest BCUT2D eigenvalue weighted by Crippen LogP contribution is 2.26. The predicted molar refractivity (Wildman–Crippen MR) is 87.0 cm³/mol. The van der Waals surface area contributed by atoms with Gasteiger partial charge in [-0.15, -0.1) is 0 Å². The molecule has 0 N–H and O–H groups in total. The van der Waals surface area contributed by atoms with Gasteiger partial charge < -0.3 is 4.74 Å². The Morgan fingerprint density at radius 2 is 2.00 bits per heavy atom. The van der Waals surface area contributed by atoms with Gasteiger partial charge in [-0.05, 0) is 31.2 Å². The van der Waals surface area contributed by atoms with E-state index in [4.69, 9.17) is 16.3 Å². The van der Waals surface area contributed by atoms with Crippen LogP contribution < -0.4 is 4.74 Å². The molecule has 2 rings (SSSR count). The number of ether oxygens (including phenoxy) is 1. The van der Waals surface area contributed by atoms with Crippen LogP contribution in [0.5, 0.6) is 5.75 Å². The van der Waals surface area contributed by atoms with E-state index >= 15 is 0 Å². The van der Waals surface area contributed by atoms with Gasteiger partial charge in [-0.25, -0.2) is 0 Å². The largest absolute Gasteiger partial charge is 0.493 e. The predicted octanol–water partition coefficient (Wildman–Crippen LogP) is 4.53. The van der Waals surface area contributed by atoms with Crippen molar-refractivity contribution in [2.75, 3.05) is 6.61 Å². The van der Waals surface area contributed by atoms with Gasteiger partial charge >= 0.3 is 0 Å². The number of benzene rings is 2. The average molecular weight is 312 g/mol. The summed E-state index contributed by atoms with van der Waals surface area (Å²) >= 11 is 5.99. The molecule has 22 heavy (non-hydrogen) atoms. The first kappa shape index (κ1) is 15.8. The van der Waals surface area contributed by atoms with Gasteiger partial charge in [-0.3, -0.25) is 4.79 Å². The van der Waals surface area contributed by atoms with E-state index in [9.17, 15) is 10.1 Å². The minimum Gasteiger partial charge on any atom is -0.493 e. The van der Waals surface area contributed by atoms with Crippen molar-refractivity contribution >= 4 is 23.5 Å². The van der Waals surface area contributed by atoms with Crippen molar-refractivity contribution in [1.29, 1.82) is 5.26 Å². The first-order chi connectivity index (χ1) is 10.7. The number of carbonyl (C=O) groups is 1. The second-order valence-electron chi connectivity index (χ2n) is 4.48. The van der Waals surface area contributed by atoms with Crippen molar-refractivity contribution < 1.29 is 9.53 Å². The fraction of sp³-hybridized carbons (Fsp3) is 0.111. The third kappa shape index (κ3) is 3.75. The van der Waals surface area contributed by atoms with E-state index < -0.39 is 0 Å². The maximum absolute atomic E-state index is 12.4. The summed E-state index contributed by atoms with van der Waals surface area (Å²) in [6.07, 6.45) is 1.51. The van der Waals surface area contributed by atoms with Gasteiger partial charge in [0.05, 0.1) is 6.61 Å². The Bertz CT molecular complexity index is 745. The maximum atomic E-state index is 12.4. The summed E-state index contributed by atoms with van der Waals surface area (Å²) in [6.45, 7) is 2.35. The molecular formula is C18H14ClNO2. The van der Waals surface area contributed by atoms with Crippen molar-refractivity contribution in [3.8, 4) is 11.8 Å². The molecule has 0 bridgehead atoms. The Labute approximate surface area is 134 Å². The number of allylic oxidation sites excluding steroid dienone is 1. The average Bonchev–Trinajstić information content (AvgIpc) is 2.55. The Kier molecular flexibility index (Phi) is 5.35. The fourth-order valence-corrected chi connectivity index (χ4v) is 2.15. The second kappa shape index (κ2) is 7.44. The van der Waals surface area contributed by atoms with Crippen LogP contribution in [0.15, 0.2) is 54.1 Å². The van der Waals surface area contributed by atoms with Crippen LogP contribution in [0.3, 0.4) is 0 Å². The summed E-state index contributed by atoms with van der Waals surface area (Å²) in [7, 11) is 0. The van der Waals surface area contributed by atoms with Crippen LogP contribution in [-0.2, 0) is 0 Å². The second-order valence-corrected chi connectivity index (χ2v) is 4.92. The molecule has 2 aromatic carbocycles. The normalized spacial score (nSPS) is 10.9. The van der Waals surface area contributed by atoms with Gasteiger partial charge in [0.1, 0.15) is 17.4 Å². The van der Waals surface area contributed by atoms with Crippen LogP contribution in [0.25, 0.3) is 6.08 Å². The molecule has 0 atom stereocenters. The molecule has 0 aliphatic carbocycles. The van der Waals surface area contributed by atoms with Crippen molar-refractivity contribution in [2.24, 2.45) is 0 Å². The molecule has 2 aromatic rings. The van der Waals surface area contributed by atoms with E-state index in [-0.39, 0.29) is 11.4 Å². The Hall–Kier alpha value is -2.57. The maximum Gasteiger partial charge on any atom is 0.203 e. The molecule has 0 aliphatic rings. The summed E-state index contributed by atoms with van der Waals surface area (Å²) < 4.78 is 5.50. The Morgan fingerprint density at radius 1 is 1.27 bits per heavy atom. The van der Waals surface area contributed by atoms with Crippen LogP contribution in [0.2, 0.25) is 5.02 Å². The lowest BCUT2D eigenvalue weighted by Crippen LogP contribution is -2.02. The highest BCUT2D eigenvalue weighted by atomic mass is 35.5. The molecule has 0 amide bonds. The molecule has 0 spiro atoms. The van der Waals surface area contributed by atoms with E-state index in [0.29, 0.717) is 28.5 Å². The molecule has 3 nitrogen and oxygen atoms in total. The molecular weight excluding hydrogens is 298 g/mol. The third-order valence-electron chi connectivity index (χ3n) is 2.97. The van der Waals surface area contributed by atoms with E-state index in [2.05, 4.69) is 0 Å². The molecule has 110 valence electrons. The lowest BCUT2D eigenvalue weighted by Gasteiger charge is -2.08. The zero-order chi connectivity index (χ0) is 15.9. The van der Waals surface area contributed by atoms with Gasteiger partial charge in [0.15, 0.2) is 0 Å². The highest BCUT2D eigenvalue weighted by molar-refractivity contribution is 6.30. The molecule has 0 fully saturated rings. The monoisotopic (exact) mass is 311 g/mol. The quantitative estimate of drug-likeness (QED) is 0.463. The number of nitrogens with zero attached hydrogens (tertiary/aromatic N) is 1. The third-order valence-corrected chi connectivity index (χ3v) is 3.21. The zero-order valence-electron chi connectivity index (χ0n) is 12.0. The summed E-state index contributed by atoms with van der Waals surface area (Å²) in [5, 5.41) is 9.81. The summed E-state index contributed by atoms with van der Waals surface area (Å²) in [5.41, 5.74) is 1.11. The molecule has 0 unspecified atom stereocenters. The van der Waals surface area contributed by atoms with Crippen LogP contribution in [0.1, 0.15) is 22.8 Å². The first-order valence-corrected chi connectivity index (χ1v) is 7.17. The summed E-state index contributed by atoms with van der Waals surface area (Å²) in [4.78, 5) is 12.4. The first-order valence-electron chi connectivity index (χ1n) is 6.79. The van der Waals surface area contributed by atoms with Gasteiger partial charge in [-0.1, -0.05) is 41.9 Å². The molecule has 0 saturated heterocycles. The van der Waals surface area contributed by atoms with Gasteiger partial charge in [0.2, 0.25) is 5.78 Å².